The van der Waals surface area contributed by atoms with Crippen molar-refractivity contribution in [2.45, 2.75) is 32.9 Å². The minimum atomic E-state index is 0.731. The maximum atomic E-state index is 4.02. The molecule has 0 unspecified atom stereocenters. The van der Waals surface area contributed by atoms with Crippen molar-refractivity contribution in [3.05, 3.63) is 41.7 Å². The molecule has 0 spiro atoms. The average molecular weight is 245 g/mol. The van der Waals surface area contributed by atoms with Crippen LogP contribution in [0.4, 0.5) is 0 Å². The van der Waals surface area contributed by atoms with E-state index in [0.29, 0.717) is 0 Å². The van der Waals surface area contributed by atoms with E-state index in [-0.39, 0.29) is 0 Å². The van der Waals surface area contributed by atoms with Crippen molar-refractivity contribution in [1.82, 2.24) is 25.5 Å². The summed E-state index contributed by atoms with van der Waals surface area (Å²) < 4.78 is 1.88. The predicted molar refractivity (Wildman–Crippen MR) is 70.0 cm³/mol. The molecule has 1 heterocycles. The van der Waals surface area contributed by atoms with Crippen LogP contribution in [0.2, 0.25) is 0 Å². The highest BCUT2D eigenvalue weighted by Gasteiger charge is 2.04. The van der Waals surface area contributed by atoms with Gasteiger partial charge in [-0.2, -0.15) is 0 Å². The highest BCUT2D eigenvalue weighted by Crippen LogP contribution is 2.04. The Labute approximate surface area is 107 Å². The van der Waals surface area contributed by atoms with E-state index < -0.39 is 0 Å². The van der Waals surface area contributed by atoms with Gasteiger partial charge in [0.1, 0.15) is 0 Å². The Kier molecular flexibility index (Phi) is 4.84. The van der Waals surface area contributed by atoms with Crippen molar-refractivity contribution in [2.75, 3.05) is 6.54 Å². The highest BCUT2D eigenvalue weighted by atomic mass is 15.5. The number of nitrogens with one attached hydrogen (secondary N) is 1. The summed E-state index contributed by atoms with van der Waals surface area (Å²) in [4.78, 5) is 0. The number of aromatic nitrogens is 4. The third-order valence-corrected chi connectivity index (χ3v) is 2.82. The molecule has 0 saturated heterocycles. The molecule has 0 amide bonds. The van der Waals surface area contributed by atoms with E-state index in [9.17, 15) is 0 Å². The molecule has 96 valence electrons. The van der Waals surface area contributed by atoms with Crippen LogP contribution in [0.5, 0.6) is 0 Å². The Morgan fingerprint density at radius 3 is 2.83 bits per heavy atom. The van der Waals surface area contributed by atoms with E-state index in [1.165, 1.54) is 5.56 Å². The topological polar surface area (TPSA) is 55.6 Å². The molecule has 0 bridgehead atoms. The van der Waals surface area contributed by atoms with Gasteiger partial charge >= 0.3 is 0 Å². The van der Waals surface area contributed by atoms with Gasteiger partial charge in [0.15, 0.2) is 5.82 Å². The largest absolute Gasteiger partial charge is 0.310 e. The van der Waals surface area contributed by atoms with Crippen LogP contribution in [0.15, 0.2) is 30.3 Å². The Balaban J connectivity index is 1.81. The molecule has 5 nitrogen and oxygen atoms in total. The van der Waals surface area contributed by atoms with Gasteiger partial charge in [0, 0.05) is 6.54 Å². The van der Waals surface area contributed by atoms with Gasteiger partial charge in [-0.3, -0.25) is 0 Å². The standard InChI is InChI=1S/C13H19N5/c1-2-14-11-13-15-16-17-18(13)10-6-9-12-7-4-3-5-8-12/h3-5,7-8,14H,2,6,9-11H2,1H3. The number of hydrogen-bond acceptors (Lipinski definition) is 4. The number of tetrazole rings is 1. The van der Waals surface area contributed by atoms with E-state index >= 15 is 0 Å². The first-order valence-corrected chi connectivity index (χ1v) is 6.40. The Morgan fingerprint density at radius 2 is 2.06 bits per heavy atom. The first kappa shape index (κ1) is 12.7. The molecule has 2 rings (SSSR count). The summed E-state index contributed by atoms with van der Waals surface area (Å²) in [6.07, 6.45) is 2.11. The van der Waals surface area contributed by atoms with Crippen molar-refractivity contribution in [3.8, 4) is 0 Å². The molecule has 0 aliphatic carbocycles. The summed E-state index contributed by atoms with van der Waals surface area (Å²) in [5.74, 6) is 0.907. The third-order valence-electron chi connectivity index (χ3n) is 2.82. The van der Waals surface area contributed by atoms with Crippen LogP contribution in [0, 0.1) is 0 Å². The zero-order chi connectivity index (χ0) is 12.6. The van der Waals surface area contributed by atoms with Crippen LogP contribution < -0.4 is 5.32 Å². The van der Waals surface area contributed by atoms with Gasteiger partial charge in [-0.05, 0) is 35.4 Å². The maximum Gasteiger partial charge on any atom is 0.165 e. The van der Waals surface area contributed by atoms with Gasteiger partial charge in [0.25, 0.3) is 0 Å². The minimum absolute atomic E-state index is 0.731. The minimum Gasteiger partial charge on any atom is -0.310 e. The molecule has 5 heteroatoms. The molecule has 0 atom stereocenters. The first-order chi connectivity index (χ1) is 8.90. The molecule has 0 aliphatic rings. The van der Waals surface area contributed by atoms with Gasteiger partial charge in [-0.1, -0.05) is 37.3 Å². The van der Waals surface area contributed by atoms with Crippen LogP contribution >= 0.6 is 0 Å². The predicted octanol–water partition coefficient (Wildman–Crippen LogP) is 1.42. The van der Waals surface area contributed by atoms with Gasteiger partial charge in [0.05, 0.1) is 6.54 Å². The lowest BCUT2D eigenvalue weighted by atomic mass is 10.1. The molecule has 0 saturated carbocycles. The second-order valence-electron chi connectivity index (χ2n) is 4.19. The van der Waals surface area contributed by atoms with Gasteiger partial charge in [0.2, 0.25) is 0 Å². The molecular formula is C13H19N5. The smallest absolute Gasteiger partial charge is 0.165 e. The summed E-state index contributed by atoms with van der Waals surface area (Å²) in [5.41, 5.74) is 1.36. The second kappa shape index (κ2) is 6.86. The lowest BCUT2D eigenvalue weighted by Gasteiger charge is -2.05. The molecule has 1 aromatic heterocycles. The zero-order valence-electron chi connectivity index (χ0n) is 10.7. The van der Waals surface area contributed by atoms with Crippen LogP contribution in [-0.4, -0.2) is 26.8 Å². The van der Waals surface area contributed by atoms with Crippen LogP contribution in [0.3, 0.4) is 0 Å². The van der Waals surface area contributed by atoms with Crippen LogP contribution in [0.25, 0.3) is 0 Å². The fourth-order valence-corrected chi connectivity index (χ4v) is 1.84. The van der Waals surface area contributed by atoms with E-state index in [4.69, 9.17) is 0 Å². The Hall–Kier alpha value is -1.75. The lowest BCUT2D eigenvalue weighted by Crippen LogP contribution is -2.17. The summed E-state index contributed by atoms with van der Waals surface area (Å²) in [5, 5.41) is 15.0. The Morgan fingerprint density at radius 1 is 1.22 bits per heavy atom. The summed E-state index contributed by atoms with van der Waals surface area (Å²) in [6.45, 7) is 4.60. The number of hydrogen-bond donors (Lipinski definition) is 1. The van der Waals surface area contributed by atoms with Crippen molar-refractivity contribution in [1.29, 1.82) is 0 Å². The Bertz CT molecular complexity index is 451. The summed E-state index contributed by atoms with van der Waals surface area (Å²) >= 11 is 0. The van der Waals surface area contributed by atoms with Crippen molar-refractivity contribution >= 4 is 0 Å². The van der Waals surface area contributed by atoms with Crippen LogP contribution in [-0.2, 0) is 19.5 Å². The zero-order valence-corrected chi connectivity index (χ0v) is 10.7. The fraction of sp³-hybridized carbons (Fsp3) is 0.462. The maximum absolute atomic E-state index is 4.02. The van der Waals surface area contributed by atoms with E-state index in [1.807, 2.05) is 10.7 Å². The molecule has 0 radical (unpaired) electrons. The normalized spacial score (nSPS) is 10.7. The molecule has 2 aromatic rings. The van der Waals surface area contributed by atoms with Crippen molar-refractivity contribution in [3.63, 3.8) is 0 Å². The summed E-state index contributed by atoms with van der Waals surface area (Å²) in [7, 11) is 0. The number of nitrogens with zero attached hydrogens (tertiary/aromatic N) is 4. The SMILES string of the molecule is CCNCc1nnnn1CCCc1ccccc1. The van der Waals surface area contributed by atoms with Crippen LogP contribution in [0.1, 0.15) is 24.7 Å². The van der Waals surface area contributed by atoms with E-state index in [0.717, 1.165) is 38.3 Å². The molecule has 0 aliphatic heterocycles. The van der Waals surface area contributed by atoms with E-state index in [1.54, 1.807) is 0 Å². The number of benzene rings is 1. The molecular weight excluding hydrogens is 226 g/mol. The van der Waals surface area contributed by atoms with Crippen molar-refractivity contribution in [2.24, 2.45) is 0 Å². The second-order valence-corrected chi connectivity index (χ2v) is 4.19. The lowest BCUT2D eigenvalue weighted by molar-refractivity contribution is 0.524. The number of aryl methyl sites for hydroxylation is 2. The molecule has 1 N–H and O–H groups in total. The van der Waals surface area contributed by atoms with Gasteiger partial charge < -0.3 is 5.32 Å². The average Bonchev–Trinajstić information content (AvgIpc) is 2.85. The van der Waals surface area contributed by atoms with Crippen molar-refractivity contribution < 1.29 is 0 Å². The third kappa shape index (κ3) is 3.63. The van der Waals surface area contributed by atoms with Gasteiger partial charge in [-0.25, -0.2) is 4.68 Å². The fourth-order valence-electron chi connectivity index (χ4n) is 1.84. The number of rotatable bonds is 7. The molecule has 1 aromatic carbocycles. The first-order valence-electron chi connectivity index (χ1n) is 6.40. The molecule has 18 heavy (non-hydrogen) atoms. The highest BCUT2D eigenvalue weighted by molar-refractivity contribution is 5.14. The van der Waals surface area contributed by atoms with E-state index in [2.05, 4.69) is 52.0 Å². The monoisotopic (exact) mass is 245 g/mol. The summed E-state index contributed by atoms with van der Waals surface area (Å²) in [6, 6.07) is 10.5. The quantitative estimate of drug-likeness (QED) is 0.801. The van der Waals surface area contributed by atoms with Gasteiger partial charge in [-0.15, -0.1) is 5.10 Å². The molecule has 0 fully saturated rings.